The lowest BCUT2D eigenvalue weighted by molar-refractivity contribution is -0.376. The summed E-state index contributed by atoms with van der Waals surface area (Å²) < 4.78 is 58.9. The highest BCUT2D eigenvalue weighted by atomic mass is 19.4. The fourth-order valence-electron chi connectivity index (χ4n) is 2.53. The van der Waals surface area contributed by atoms with E-state index in [0.29, 0.717) is 16.0 Å². The summed E-state index contributed by atoms with van der Waals surface area (Å²) >= 11 is 0. The number of nitrogens with one attached hydrogen (secondary N) is 1. The van der Waals surface area contributed by atoms with Crippen molar-refractivity contribution in [3.05, 3.63) is 82.3 Å². The number of benzene rings is 2. The van der Waals surface area contributed by atoms with Crippen LogP contribution in [0.15, 0.2) is 54.7 Å². The van der Waals surface area contributed by atoms with Crippen molar-refractivity contribution < 1.29 is 27.2 Å². The van der Waals surface area contributed by atoms with Crippen LogP contribution in [0.4, 0.5) is 23.2 Å². The highest BCUT2D eigenvalue weighted by molar-refractivity contribution is 5.60. The lowest BCUT2D eigenvalue weighted by Crippen LogP contribution is -2.16. The van der Waals surface area contributed by atoms with Crippen LogP contribution in [0, 0.1) is 15.9 Å². The van der Waals surface area contributed by atoms with Gasteiger partial charge in [-0.2, -0.15) is 13.2 Å². The molecule has 1 heterocycles. The number of anilines is 1. The highest BCUT2D eigenvalue weighted by Gasteiger charge is 2.41. The Labute approximate surface area is 166 Å². The fourth-order valence-corrected chi connectivity index (χ4v) is 2.53. The van der Waals surface area contributed by atoms with E-state index in [2.05, 4.69) is 15.5 Å². The first-order valence-electron chi connectivity index (χ1n) is 8.25. The molecule has 0 amide bonds. The Bertz CT molecular complexity index is 1090. The standard InChI is InChI=1S/C18H13F4N5O3/c1-30-14-4-2-3-12(9-14)23-10-15(27(28)29)16-24-25-17(18(20,21)22)26(16)13-7-5-11(19)6-8-13/h2-10,23H,1H3. The van der Waals surface area contributed by atoms with Crippen molar-refractivity contribution in [1.29, 1.82) is 0 Å². The molecule has 1 aromatic heterocycles. The summed E-state index contributed by atoms with van der Waals surface area (Å²) in [6, 6.07) is 10.3. The van der Waals surface area contributed by atoms with Crippen molar-refractivity contribution in [1.82, 2.24) is 14.8 Å². The van der Waals surface area contributed by atoms with Crippen LogP contribution in [0.3, 0.4) is 0 Å². The van der Waals surface area contributed by atoms with E-state index in [0.717, 1.165) is 30.5 Å². The Kier molecular flexibility index (Phi) is 5.67. The molecule has 0 saturated carbocycles. The lowest BCUT2D eigenvalue weighted by Gasteiger charge is -2.11. The quantitative estimate of drug-likeness (QED) is 0.364. The van der Waals surface area contributed by atoms with Crippen molar-refractivity contribution in [3.63, 3.8) is 0 Å². The van der Waals surface area contributed by atoms with Crippen molar-refractivity contribution >= 4 is 11.4 Å². The van der Waals surface area contributed by atoms with E-state index in [1.807, 2.05) is 0 Å². The van der Waals surface area contributed by atoms with Crippen molar-refractivity contribution in [2.24, 2.45) is 0 Å². The number of hydrogen-bond acceptors (Lipinski definition) is 6. The first-order chi connectivity index (χ1) is 14.2. The first-order valence-corrected chi connectivity index (χ1v) is 8.25. The second kappa shape index (κ2) is 8.19. The third kappa shape index (κ3) is 4.37. The van der Waals surface area contributed by atoms with Gasteiger partial charge < -0.3 is 10.1 Å². The van der Waals surface area contributed by atoms with Gasteiger partial charge in [0.2, 0.25) is 11.6 Å². The minimum atomic E-state index is -4.96. The smallest absolute Gasteiger partial charge is 0.452 e. The maximum absolute atomic E-state index is 13.4. The zero-order chi connectivity index (χ0) is 21.9. The Morgan fingerprint density at radius 3 is 2.50 bits per heavy atom. The molecule has 0 aliphatic rings. The van der Waals surface area contributed by atoms with E-state index in [9.17, 15) is 27.7 Å². The summed E-state index contributed by atoms with van der Waals surface area (Å²) in [5.41, 5.74) is -0.597. The zero-order valence-electron chi connectivity index (χ0n) is 15.2. The molecule has 3 aromatic rings. The van der Waals surface area contributed by atoms with Gasteiger partial charge in [0, 0.05) is 17.4 Å². The summed E-state index contributed by atoms with van der Waals surface area (Å²) in [7, 11) is 1.43. The predicted molar refractivity (Wildman–Crippen MR) is 97.9 cm³/mol. The van der Waals surface area contributed by atoms with E-state index < -0.39 is 34.3 Å². The first kappa shape index (κ1) is 20.8. The number of halogens is 4. The molecule has 0 radical (unpaired) electrons. The van der Waals surface area contributed by atoms with Gasteiger partial charge in [-0.3, -0.25) is 14.7 Å². The molecule has 2 aromatic carbocycles. The fraction of sp³-hybridized carbons (Fsp3) is 0.111. The Balaban J connectivity index is 2.11. The van der Waals surface area contributed by atoms with Gasteiger partial charge in [-0.1, -0.05) is 6.07 Å². The van der Waals surface area contributed by atoms with Gasteiger partial charge in [0.1, 0.15) is 11.6 Å². The number of nitrogens with zero attached hydrogens (tertiary/aromatic N) is 4. The number of hydrogen-bond donors (Lipinski definition) is 1. The third-order valence-corrected chi connectivity index (χ3v) is 3.87. The van der Waals surface area contributed by atoms with Gasteiger partial charge in [-0.25, -0.2) is 4.39 Å². The van der Waals surface area contributed by atoms with E-state index in [1.54, 1.807) is 18.2 Å². The minimum Gasteiger partial charge on any atom is -0.497 e. The van der Waals surface area contributed by atoms with Crippen LogP contribution in [-0.2, 0) is 6.18 Å². The van der Waals surface area contributed by atoms with Crippen LogP contribution >= 0.6 is 0 Å². The Morgan fingerprint density at radius 2 is 1.90 bits per heavy atom. The third-order valence-electron chi connectivity index (χ3n) is 3.87. The second-order valence-electron chi connectivity index (χ2n) is 5.82. The molecule has 0 spiro atoms. The molecule has 0 aliphatic carbocycles. The average molecular weight is 423 g/mol. The number of alkyl halides is 3. The Hall–Kier alpha value is -3.96. The van der Waals surface area contributed by atoms with Crippen LogP contribution in [0.25, 0.3) is 11.4 Å². The van der Waals surface area contributed by atoms with Gasteiger partial charge in [0.15, 0.2) is 0 Å². The molecule has 0 fully saturated rings. The number of ether oxygens (including phenoxy) is 1. The Morgan fingerprint density at radius 1 is 1.20 bits per heavy atom. The van der Waals surface area contributed by atoms with Gasteiger partial charge in [-0.05, 0) is 36.4 Å². The van der Waals surface area contributed by atoms with Crippen LogP contribution in [-0.4, -0.2) is 26.8 Å². The molecule has 1 N–H and O–H groups in total. The predicted octanol–water partition coefficient (Wildman–Crippen LogP) is 4.12. The van der Waals surface area contributed by atoms with Crippen molar-refractivity contribution in [2.45, 2.75) is 6.18 Å². The highest BCUT2D eigenvalue weighted by Crippen LogP contribution is 2.32. The van der Waals surface area contributed by atoms with Crippen molar-refractivity contribution in [2.75, 3.05) is 12.4 Å². The SMILES string of the molecule is COc1cccc(NC=C(c2nnc(C(F)(F)F)n2-c2ccc(F)cc2)[N+](=O)[O-])c1. The second-order valence-corrected chi connectivity index (χ2v) is 5.82. The monoisotopic (exact) mass is 423 g/mol. The molecule has 12 heteroatoms. The molecule has 8 nitrogen and oxygen atoms in total. The van der Waals surface area contributed by atoms with Crippen LogP contribution in [0.5, 0.6) is 5.75 Å². The molecule has 0 saturated heterocycles. The summed E-state index contributed by atoms with van der Waals surface area (Å²) in [5, 5.41) is 20.7. The topological polar surface area (TPSA) is 95.1 Å². The summed E-state index contributed by atoms with van der Waals surface area (Å²) in [6.45, 7) is 0. The van der Waals surface area contributed by atoms with E-state index in [1.165, 1.54) is 13.2 Å². The zero-order valence-corrected chi connectivity index (χ0v) is 15.2. The number of methoxy groups -OCH3 is 1. The van der Waals surface area contributed by atoms with Gasteiger partial charge >= 0.3 is 11.9 Å². The number of nitro groups is 1. The lowest BCUT2D eigenvalue weighted by atomic mass is 10.3. The van der Waals surface area contributed by atoms with Crippen LogP contribution in [0.2, 0.25) is 0 Å². The van der Waals surface area contributed by atoms with Crippen LogP contribution < -0.4 is 10.1 Å². The molecule has 3 rings (SSSR count). The van der Waals surface area contributed by atoms with E-state index in [4.69, 9.17) is 4.74 Å². The van der Waals surface area contributed by atoms with E-state index in [-0.39, 0.29) is 5.69 Å². The summed E-state index contributed by atoms with van der Waals surface area (Å²) in [4.78, 5) is 10.7. The van der Waals surface area contributed by atoms with Gasteiger partial charge in [0.05, 0.1) is 18.2 Å². The van der Waals surface area contributed by atoms with Gasteiger partial charge in [0.25, 0.3) is 0 Å². The van der Waals surface area contributed by atoms with E-state index >= 15 is 0 Å². The molecule has 156 valence electrons. The molecular weight excluding hydrogens is 410 g/mol. The number of rotatable bonds is 6. The minimum absolute atomic E-state index is 0.196. The van der Waals surface area contributed by atoms with Crippen LogP contribution in [0.1, 0.15) is 11.6 Å². The maximum atomic E-state index is 13.4. The largest absolute Gasteiger partial charge is 0.497 e. The molecule has 0 bridgehead atoms. The maximum Gasteiger partial charge on any atom is 0.452 e. The average Bonchev–Trinajstić information content (AvgIpc) is 3.14. The van der Waals surface area contributed by atoms with Crippen molar-refractivity contribution in [3.8, 4) is 11.4 Å². The normalized spacial score (nSPS) is 12.0. The summed E-state index contributed by atoms with van der Waals surface area (Å²) in [6.07, 6.45) is -4.07. The van der Waals surface area contributed by atoms with Gasteiger partial charge in [-0.15, -0.1) is 10.2 Å². The molecular formula is C18H13F4N5O3. The number of aromatic nitrogens is 3. The molecule has 0 atom stereocenters. The molecule has 0 unspecified atom stereocenters. The molecule has 30 heavy (non-hydrogen) atoms. The summed E-state index contributed by atoms with van der Waals surface area (Å²) in [5.74, 6) is -2.40. The molecule has 0 aliphatic heterocycles.